The molecule has 2 rings (SSSR count). The van der Waals surface area contributed by atoms with Crippen LogP contribution in [0.15, 0.2) is 22.7 Å². The third-order valence-electron chi connectivity index (χ3n) is 2.69. The van der Waals surface area contributed by atoms with Crippen LogP contribution in [0.4, 0.5) is 5.69 Å². The molecule has 0 radical (unpaired) electrons. The lowest BCUT2D eigenvalue weighted by Gasteiger charge is -2.34. The molecule has 0 N–H and O–H groups in total. The molecule has 0 aliphatic carbocycles. The zero-order valence-electron chi connectivity index (χ0n) is 9.11. The summed E-state index contributed by atoms with van der Waals surface area (Å²) in [5, 5.41) is 9.08. The highest BCUT2D eigenvalue weighted by atomic mass is 79.9. The Balaban J connectivity index is 2.31. The normalized spacial score (nSPS) is 20.6. The van der Waals surface area contributed by atoms with Gasteiger partial charge in [0.2, 0.25) is 0 Å². The summed E-state index contributed by atoms with van der Waals surface area (Å²) in [5.74, 6) is 0. The minimum Gasteiger partial charge on any atom is -0.376 e. The maximum Gasteiger partial charge on any atom is 0.140 e. The van der Waals surface area contributed by atoms with Crippen molar-refractivity contribution in [2.75, 3.05) is 24.7 Å². The van der Waals surface area contributed by atoms with Gasteiger partial charge in [0.15, 0.2) is 0 Å². The second-order valence-electron chi connectivity index (χ2n) is 3.87. The second kappa shape index (κ2) is 4.86. The van der Waals surface area contributed by atoms with E-state index in [0.29, 0.717) is 13.2 Å². The lowest BCUT2D eigenvalue weighted by molar-refractivity contribution is 0.107. The molecule has 1 saturated heterocycles. The van der Waals surface area contributed by atoms with E-state index in [2.05, 4.69) is 52.0 Å². The van der Waals surface area contributed by atoms with Gasteiger partial charge in [-0.3, -0.25) is 0 Å². The number of ether oxygens (including phenoxy) is 1. The van der Waals surface area contributed by atoms with Crippen LogP contribution in [0.1, 0.15) is 5.56 Å². The summed E-state index contributed by atoms with van der Waals surface area (Å²) in [4.78, 5) is 2.09. The molecule has 0 amide bonds. The lowest BCUT2D eigenvalue weighted by atomic mass is 10.1. The Bertz CT molecular complexity index is 428. The Morgan fingerprint density at radius 1 is 1.56 bits per heavy atom. The lowest BCUT2D eigenvalue weighted by Crippen LogP contribution is -2.44. The van der Waals surface area contributed by atoms with Gasteiger partial charge >= 0.3 is 0 Å². The van der Waals surface area contributed by atoms with Crippen LogP contribution in [0.5, 0.6) is 0 Å². The van der Waals surface area contributed by atoms with Crippen molar-refractivity contribution in [2.45, 2.75) is 13.0 Å². The average Bonchev–Trinajstić information content (AvgIpc) is 2.29. The number of hydrogen-bond donors (Lipinski definition) is 0. The number of hydrogen-bond acceptors (Lipinski definition) is 3. The van der Waals surface area contributed by atoms with Crippen molar-refractivity contribution in [1.29, 1.82) is 5.26 Å². The van der Waals surface area contributed by atoms with Crippen LogP contribution in [0.2, 0.25) is 0 Å². The maximum atomic E-state index is 9.08. The number of benzene rings is 1. The number of aryl methyl sites for hydroxylation is 1. The first-order valence-electron chi connectivity index (χ1n) is 5.22. The summed E-state index contributed by atoms with van der Waals surface area (Å²) in [6.07, 6.45) is 0. The fourth-order valence-electron chi connectivity index (χ4n) is 1.84. The van der Waals surface area contributed by atoms with Gasteiger partial charge in [0, 0.05) is 11.0 Å². The van der Waals surface area contributed by atoms with Crippen molar-refractivity contribution in [3.05, 3.63) is 28.2 Å². The number of nitrogens with zero attached hydrogens (tertiary/aromatic N) is 2. The van der Waals surface area contributed by atoms with Crippen LogP contribution in [0.3, 0.4) is 0 Å². The van der Waals surface area contributed by atoms with E-state index >= 15 is 0 Å². The number of nitriles is 1. The summed E-state index contributed by atoms with van der Waals surface area (Å²) in [5.41, 5.74) is 2.28. The van der Waals surface area contributed by atoms with Crippen LogP contribution in [0, 0.1) is 18.3 Å². The molecule has 0 saturated carbocycles. The quantitative estimate of drug-likeness (QED) is 0.793. The van der Waals surface area contributed by atoms with E-state index in [9.17, 15) is 0 Å². The van der Waals surface area contributed by atoms with Crippen molar-refractivity contribution in [3.63, 3.8) is 0 Å². The van der Waals surface area contributed by atoms with Gasteiger partial charge < -0.3 is 9.64 Å². The molecule has 1 atom stereocenters. The molecule has 1 aromatic carbocycles. The van der Waals surface area contributed by atoms with Gasteiger partial charge in [0.25, 0.3) is 0 Å². The molecule has 1 unspecified atom stereocenters. The molecule has 1 aromatic rings. The topological polar surface area (TPSA) is 36.3 Å². The van der Waals surface area contributed by atoms with E-state index in [1.165, 1.54) is 5.56 Å². The Morgan fingerprint density at radius 2 is 2.38 bits per heavy atom. The SMILES string of the molecule is Cc1ccc(N2CCOCC2C#N)c(Br)c1. The minimum atomic E-state index is -0.187. The fraction of sp³-hybridized carbons (Fsp3) is 0.417. The summed E-state index contributed by atoms with van der Waals surface area (Å²) in [6, 6.07) is 8.27. The first-order chi connectivity index (χ1) is 7.72. The third-order valence-corrected chi connectivity index (χ3v) is 3.33. The molecule has 1 heterocycles. The largest absolute Gasteiger partial charge is 0.376 e. The van der Waals surface area contributed by atoms with E-state index in [1.54, 1.807) is 0 Å². The van der Waals surface area contributed by atoms with Gasteiger partial charge in [0.05, 0.1) is 25.0 Å². The average molecular weight is 281 g/mol. The highest BCUT2D eigenvalue weighted by Crippen LogP contribution is 2.29. The Kier molecular flexibility index (Phi) is 3.47. The summed E-state index contributed by atoms with van der Waals surface area (Å²) in [6.45, 7) is 3.98. The standard InChI is InChI=1S/C12H13BrN2O/c1-9-2-3-12(11(13)6-9)15-4-5-16-8-10(15)7-14/h2-3,6,10H,4-5,8H2,1H3. The van der Waals surface area contributed by atoms with Gasteiger partial charge in [-0.05, 0) is 40.5 Å². The minimum absolute atomic E-state index is 0.187. The molecule has 1 aliphatic rings. The molecule has 4 heteroatoms. The summed E-state index contributed by atoms with van der Waals surface area (Å²) < 4.78 is 6.35. The fourth-order valence-corrected chi connectivity index (χ4v) is 2.56. The molecule has 0 bridgehead atoms. The first kappa shape index (κ1) is 11.4. The van der Waals surface area contributed by atoms with Gasteiger partial charge in [-0.15, -0.1) is 0 Å². The van der Waals surface area contributed by atoms with Crippen molar-refractivity contribution >= 4 is 21.6 Å². The number of morpholine rings is 1. The highest BCUT2D eigenvalue weighted by Gasteiger charge is 2.24. The zero-order valence-corrected chi connectivity index (χ0v) is 10.7. The van der Waals surface area contributed by atoms with Crippen molar-refractivity contribution in [2.24, 2.45) is 0 Å². The zero-order chi connectivity index (χ0) is 11.5. The third kappa shape index (κ3) is 2.21. The van der Waals surface area contributed by atoms with Crippen molar-refractivity contribution in [3.8, 4) is 6.07 Å². The predicted octanol–water partition coefficient (Wildman–Crippen LogP) is 2.49. The van der Waals surface area contributed by atoms with Crippen molar-refractivity contribution in [1.82, 2.24) is 0 Å². The van der Waals surface area contributed by atoms with Crippen LogP contribution in [0.25, 0.3) is 0 Å². The Morgan fingerprint density at radius 3 is 3.06 bits per heavy atom. The van der Waals surface area contributed by atoms with E-state index in [0.717, 1.165) is 16.7 Å². The smallest absolute Gasteiger partial charge is 0.140 e. The highest BCUT2D eigenvalue weighted by molar-refractivity contribution is 9.10. The van der Waals surface area contributed by atoms with Crippen LogP contribution in [-0.2, 0) is 4.74 Å². The van der Waals surface area contributed by atoms with Crippen molar-refractivity contribution < 1.29 is 4.74 Å². The monoisotopic (exact) mass is 280 g/mol. The first-order valence-corrected chi connectivity index (χ1v) is 6.02. The Labute approximate surface area is 104 Å². The van der Waals surface area contributed by atoms with Gasteiger partial charge in [-0.25, -0.2) is 0 Å². The molecule has 0 spiro atoms. The number of halogens is 1. The number of rotatable bonds is 1. The van der Waals surface area contributed by atoms with Gasteiger partial charge in [0.1, 0.15) is 6.04 Å². The predicted molar refractivity (Wildman–Crippen MR) is 66.4 cm³/mol. The molecule has 1 aliphatic heterocycles. The van der Waals surface area contributed by atoms with E-state index in [4.69, 9.17) is 10.00 Å². The molecule has 3 nitrogen and oxygen atoms in total. The molecule has 1 fully saturated rings. The second-order valence-corrected chi connectivity index (χ2v) is 4.72. The molecular formula is C12H13BrN2O. The van der Waals surface area contributed by atoms with Crippen LogP contribution >= 0.6 is 15.9 Å². The maximum absolute atomic E-state index is 9.08. The molecule has 0 aromatic heterocycles. The molecule has 16 heavy (non-hydrogen) atoms. The van der Waals surface area contributed by atoms with Crippen LogP contribution in [-0.4, -0.2) is 25.8 Å². The summed E-state index contributed by atoms with van der Waals surface area (Å²) in [7, 11) is 0. The molecular weight excluding hydrogens is 268 g/mol. The Hall–Kier alpha value is -1.05. The van der Waals surface area contributed by atoms with Gasteiger partial charge in [-0.2, -0.15) is 5.26 Å². The number of anilines is 1. The van der Waals surface area contributed by atoms with E-state index in [-0.39, 0.29) is 6.04 Å². The summed E-state index contributed by atoms with van der Waals surface area (Å²) >= 11 is 3.55. The van der Waals surface area contributed by atoms with Crippen LogP contribution < -0.4 is 4.90 Å². The van der Waals surface area contributed by atoms with E-state index in [1.807, 2.05) is 0 Å². The molecule has 84 valence electrons. The van der Waals surface area contributed by atoms with E-state index < -0.39 is 0 Å². The van der Waals surface area contributed by atoms with Gasteiger partial charge in [-0.1, -0.05) is 6.07 Å².